The number of hydrogen-bond acceptors (Lipinski definition) is 3. The lowest BCUT2D eigenvalue weighted by Crippen LogP contribution is -1.61. The summed E-state index contributed by atoms with van der Waals surface area (Å²) in [5.41, 5.74) is 2.24. The highest BCUT2D eigenvalue weighted by Crippen LogP contribution is 2.33. The third-order valence-electron chi connectivity index (χ3n) is 2.17. The van der Waals surface area contributed by atoms with Crippen LogP contribution in [0.3, 0.4) is 0 Å². The SMILES string of the molecule is c1n[nH]cc1-c1ccc(-c2cn[nH]c2)s1. The van der Waals surface area contributed by atoms with Crippen molar-refractivity contribution in [2.45, 2.75) is 0 Å². The van der Waals surface area contributed by atoms with E-state index < -0.39 is 0 Å². The summed E-state index contributed by atoms with van der Waals surface area (Å²) >= 11 is 1.73. The van der Waals surface area contributed by atoms with Crippen molar-refractivity contribution in [2.24, 2.45) is 0 Å². The normalized spacial score (nSPS) is 10.7. The molecule has 0 bridgehead atoms. The van der Waals surface area contributed by atoms with Gasteiger partial charge in [-0.1, -0.05) is 0 Å². The molecule has 0 aliphatic rings. The molecule has 5 heteroatoms. The van der Waals surface area contributed by atoms with Gasteiger partial charge < -0.3 is 0 Å². The molecule has 74 valence electrons. The van der Waals surface area contributed by atoms with Gasteiger partial charge in [-0.3, -0.25) is 10.2 Å². The van der Waals surface area contributed by atoms with Crippen LogP contribution in [-0.4, -0.2) is 20.4 Å². The van der Waals surface area contributed by atoms with E-state index in [4.69, 9.17) is 0 Å². The minimum Gasteiger partial charge on any atom is -0.285 e. The van der Waals surface area contributed by atoms with Crippen LogP contribution in [0.2, 0.25) is 0 Å². The fraction of sp³-hybridized carbons (Fsp3) is 0. The summed E-state index contributed by atoms with van der Waals surface area (Å²) in [7, 11) is 0. The molecular formula is C10H8N4S. The zero-order valence-corrected chi connectivity index (χ0v) is 8.58. The molecule has 15 heavy (non-hydrogen) atoms. The maximum Gasteiger partial charge on any atom is 0.0573 e. The van der Waals surface area contributed by atoms with Crippen LogP contribution in [0.1, 0.15) is 0 Å². The van der Waals surface area contributed by atoms with Crippen molar-refractivity contribution in [3.8, 4) is 20.9 Å². The van der Waals surface area contributed by atoms with Crippen molar-refractivity contribution >= 4 is 11.3 Å². The van der Waals surface area contributed by atoms with E-state index in [9.17, 15) is 0 Å². The molecule has 0 radical (unpaired) electrons. The van der Waals surface area contributed by atoms with Crippen LogP contribution in [0.25, 0.3) is 20.9 Å². The fourth-order valence-electron chi connectivity index (χ4n) is 1.42. The number of rotatable bonds is 2. The molecule has 0 saturated heterocycles. The van der Waals surface area contributed by atoms with Crippen molar-refractivity contribution < 1.29 is 0 Å². The second kappa shape index (κ2) is 3.36. The van der Waals surface area contributed by atoms with Crippen LogP contribution in [0.4, 0.5) is 0 Å². The first-order chi connectivity index (χ1) is 7.43. The van der Waals surface area contributed by atoms with Gasteiger partial charge in [0.05, 0.1) is 12.4 Å². The molecule has 0 saturated carbocycles. The van der Waals surface area contributed by atoms with Gasteiger partial charge in [0.25, 0.3) is 0 Å². The van der Waals surface area contributed by atoms with Gasteiger partial charge in [0, 0.05) is 33.3 Å². The number of H-pyrrole nitrogens is 2. The summed E-state index contributed by atoms with van der Waals surface area (Å²) in [4.78, 5) is 2.42. The van der Waals surface area contributed by atoms with E-state index in [0.717, 1.165) is 11.1 Å². The lowest BCUT2D eigenvalue weighted by atomic mass is 10.2. The first-order valence-corrected chi connectivity index (χ1v) is 5.33. The molecule has 0 unspecified atom stereocenters. The number of nitrogens with zero attached hydrogens (tertiary/aromatic N) is 2. The molecule has 3 aromatic heterocycles. The summed E-state index contributed by atoms with van der Waals surface area (Å²) in [5.74, 6) is 0. The predicted octanol–water partition coefficient (Wildman–Crippen LogP) is 2.53. The second-order valence-electron chi connectivity index (χ2n) is 3.14. The van der Waals surface area contributed by atoms with Gasteiger partial charge >= 0.3 is 0 Å². The summed E-state index contributed by atoms with van der Waals surface area (Å²) < 4.78 is 0. The zero-order chi connectivity index (χ0) is 10.1. The Balaban J connectivity index is 2.02. The van der Waals surface area contributed by atoms with Gasteiger partial charge in [-0.2, -0.15) is 10.2 Å². The molecule has 0 fully saturated rings. The smallest absolute Gasteiger partial charge is 0.0573 e. The third-order valence-corrected chi connectivity index (χ3v) is 3.35. The largest absolute Gasteiger partial charge is 0.285 e. The molecule has 0 amide bonds. The van der Waals surface area contributed by atoms with Gasteiger partial charge in [0.15, 0.2) is 0 Å². The number of aromatic amines is 2. The van der Waals surface area contributed by atoms with E-state index >= 15 is 0 Å². The van der Waals surface area contributed by atoms with Crippen molar-refractivity contribution in [1.82, 2.24) is 20.4 Å². The Bertz CT molecular complexity index is 487. The van der Waals surface area contributed by atoms with E-state index in [-0.39, 0.29) is 0 Å². The molecule has 0 aromatic carbocycles. The van der Waals surface area contributed by atoms with Crippen LogP contribution >= 0.6 is 11.3 Å². The first kappa shape index (κ1) is 8.43. The molecule has 0 spiro atoms. The lowest BCUT2D eigenvalue weighted by Gasteiger charge is -1.88. The molecule has 3 rings (SSSR count). The van der Waals surface area contributed by atoms with E-state index in [2.05, 4.69) is 32.5 Å². The summed E-state index contributed by atoms with van der Waals surface area (Å²) in [6.45, 7) is 0. The quantitative estimate of drug-likeness (QED) is 0.691. The first-order valence-electron chi connectivity index (χ1n) is 4.51. The van der Waals surface area contributed by atoms with Gasteiger partial charge in [-0.15, -0.1) is 11.3 Å². The van der Waals surface area contributed by atoms with Crippen LogP contribution in [-0.2, 0) is 0 Å². The molecule has 0 aliphatic heterocycles. The minimum absolute atomic E-state index is 1.12. The van der Waals surface area contributed by atoms with Crippen molar-refractivity contribution in [3.63, 3.8) is 0 Å². The third kappa shape index (κ3) is 1.46. The molecular weight excluding hydrogens is 208 g/mol. The van der Waals surface area contributed by atoms with Crippen molar-refractivity contribution in [3.05, 3.63) is 36.9 Å². The number of hydrogen-bond donors (Lipinski definition) is 2. The van der Waals surface area contributed by atoms with E-state index in [1.54, 1.807) is 11.3 Å². The predicted molar refractivity (Wildman–Crippen MR) is 59.5 cm³/mol. The highest BCUT2D eigenvalue weighted by atomic mass is 32.1. The van der Waals surface area contributed by atoms with E-state index in [1.165, 1.54) is 9.75 Å². The van der Waals surface area contributed by atoms with Gasteiger partial charge in [-0.25, -0.2) is 0 Å². The Labute approximate surface area is 90.0 Å². The molecule has 4 nitrogen and oxygen atoms in total. The summed E-state index contributed by atoms with van der Waals surface area (Å²) in [5, 5.41) is 13.5. The topological polar surface area (TPSA) is 57.4 Å². The summed E-state index contributed by atoms with van der Waals surface area (Å²) in [6.07, 6.45) is 7.44. The van der Waals surface area contributed by atoms with Crippen LogP contribution in [0.15, 0.2) is 36.9 Å². The van der Waals surface area contributed by atoms with Crippen molar-refractivity contribution in [2.75, 3.05) is 0 Å². The van der Waals surface area contributed by atoms with Crippen molar-refractivity contribution in [1.29, 1.82) is 0 Å². The molecule has 2 N–H and O–H groups in total. The fourth-order valence-corrected chi connectivity index (χ4v) is 2.39. The van der Waals surface area contributed by atoms with Gasteiger partial charge in [0.1, 0.15) is 0 Å². The maximum atomic E-state index is 3.93. The number of thiophene rings is 1. The average Bonchev–Trinajstić information content (AvgIpc) is 3.02. The Morgan fingerprint density at radius 2 is 1.40 bits per heavy atom. The molecule has 0 atom stereocenters. The average molecular weight is 216 g/mol. The Morgan fingerprint density at radius 1 is 0.867 bits per heavy atom. The zero-order valence-electron chi connectivity index (χ0n) is 7.77. The van der Waals surface area contributed by atoms with Crippen LogP contribution in [0.5, 0.6) is 0 Å². The lowest BCUT2D eigenvalue weighted by molar-refractivity contribution is 1.09. The Morgan fingerprint density at radius 3 is 1.80 bits per heavy atom. The van der Waals surface area contributed by atoms with E-state index in [1.807, 2.05) is 24.8 Å². The highest BCUT2D eigenvalue weighted by molar-refractivity contribution is 7.18. The molecule has 0 aliphatic carbocycles. The monoisotopic (exact) mass is 216 g/mol. The molecule has 3 aromatic rings. The number of nitrogens with one attached hydrogen (secondary N) is 2. The van der Waals surface area contributed by atoms with Crippen LogP contribution < -0.4 is 0 Å². The minimum atomic E-state index is 1.12. The van der Waals surface area contributed by atoms with E-state index in [0.29, 0.717) is 0 Å². The van der Waals surface area contributed by atoms with Crippen LogP contribution in [0, 0.1) is 0 Å². The highest BCUT2D eigenvalue weighted by Gasteiger charge is 2.05. The maximum absolute atomic E-state index is 3.93. The summed E-state index contributed by atoms with van der Waals surface area (Å²) in [6, 6.07) is 4.19. The Hall–Kier alpha value is -1.88. The van der Waals surface area contributed by atoms with Gasteiger partial charge in [-0.05, 0) is 12.1 Å². The van der Waals surface area contributed by atoms with Gasteiger partial charge in [0.2, 0.25) is 0 Å². The Kier molecular flexibility index (Phi) is 1.89. The number of aromatic nitrogens is 4. The molecule has 3 heterocycles. The second-order valence-corrected chi connectivity index (χ2v) is 4.22. The standard InChI is InChI=1S/C10H8N4S/c1-2-10(8-5-13-14-6-8)15-9(1)7-3-11-12-4-7/h1-6H,(H,11,12)(H,13,14).